The van der Waals surface area contributed by atoms with Crippen LogP contribution in [0.5, 0.6) is 0 Å². The molecule has 1 fully saturated rings. The van der Waals surface area contributed by atoms with Crippen molar-refractivity contribution in [3.05, 3.63) is 178 Å². The van der Waals surface area contributed by atoms with Crippen molar-refractivity contribution in [1.29, 1.82) is 0 Å². The number of H-pyrrole nitrogens is 1. The van der Waals surface area contributed by atoms with Crippen LogP contribution in [0.4, 0.5) is 0 Å². The molecule has 386 valence electrons. The monoisotopic (exact) mass is 993 g/mol. The second kappa shape index (κ2) is 30.5. The van der Waals surface area contributed by atoms with E-state index in [0.717, 1.165) is 52.9 Å². The van der Waals surface area contributed by atoms with Crippen LogP contribution in [0.3, 0.4) is 0 Å². The SMILES string of the molecule is C=c1c(C)c[nH]/c1=C/C=C\C.CC1(NC(=O)Cc2ccccc2)CCC(c2ccccc2)CC1.NC(=O)c1ccc(CNC(=O)CNC(=O)C(CCCN=C(N)N)NC(=O)C(Cc2ccccc2)NC=O)cc1. The van der Waals surface area contributed by atoms with Crippen molar-refractivity contribution in [1.82, 2.24) is 31.6 Å². The van der Waals surface area contributed by atoms with E-state index in [9.17, 15) is 28.8 Å². The molecule has 4 aromatic carbocycles. The molecule has 6 rings (SSSR count). The summed E-state index contributed by atoms with van der Waals surface area (Å²) in [6.45, 7) is 10.2. The second-order valence-electron chi connectivity index (χ2n) is 18.1. The summed E-state index contributed by atoms with van der Waals surface area (Å²) in [5, 5.41) is 15.8. The Kier molecular flexibility index (Phi) is 23.9. The predicted molar refractivity (Wildman–Crippen MR) is 289 cm³/mol. The smallest absolute Gasteiger partial charge is 0.248 e. The first-order chi connectivity index (χ1) is 35.1. The molecule has 73 heavy (non-hydrogen) atoms. The first-order valence-corrected chi connectivity index (χ1v) is 24.5. The molecular weight excluding hydrogens is 921 g/mol. The average Bonchev–Trinajstić information content (AvgIpc) is 3.71. The van der Waals surface area contributed by atoms with Crippen LogP contribution in [0, 0.1) is 6.92 Å². The van der Waals surface area contributed by atoms with E-state index in [0.29, 0.717) is 30.7 Å². The molecule has 1 aromatic heterocycles. The maximum Gasteiger partial charge on any atom is 0.248 e. The third kappa shape index (κ3) is 20.9. The quantitative estimate of drug-likeness (QED) is 0.0224. The van der Waals surface area contributed by atoms with E-state index < -0.39 is 35.7 Å². The van der Waals surface area contributed by atoms with E-state index in [1.807, 2.05) is 98.9 Å². The summed E-state index contributed by atoms with van der Waals surface area (Å²) in [6.07, 6.45) is 14.0. The number of allylic oxidation sites excluding steroid dienone is 2. The maximum absolute atomic E-state index is 13.0. The van der Waals surface area contributed by atoms with Crippen molar-refractivity contribution in [3.8, 4) is 0 Å². The van der Waals surface area contributed by atoms with E-state index in [-0.39, 0.29) is 49.9 Å². The summed E-state index contributed by atoms with van der Waals surface area (Å²) < 4.78 is 0. The zero-order chi connectivity index (χ0) is 53.0. The summed E-state index contributed by atoms with van der Waals surface area (Å²) in [4.78, 5) is 79.8. The van der Waals surface area contributed by atoms with Crippen LogP contribution in [0.25, 0.3) is 12.7 Å². The van der Waals surface area contributed by atoms with Crippen molar-refractivity contribution < 1.29 is 28.8 Å². The molecule has 1 heterocycles. The fourth-order valence-corrected chi connectivity index (χ4v) is 8.06. The minimum Gasteiger partial charge on any atom is -0.370 e. The normalized spacial score (nSPS) is 15.9. The van der Waals surface area contributed by atoms with Crippen LogP contribution < -0.4 is 54.4 Å². The lowest BCUT2D eigenvalue weighted by Crippen LogP contribution is -2.54. The zero-order valence-electron chi connectivity index (χ0n) is 42.2. The van der Waals surface area contributed by atoms with Gasteiger partial charge < -0.3 is 48.8 Å². The summed E-state index contributed by atoms with van der Waals surface area (Å²) in [6, 6.07) is 34.3. The van der Waals surface area contributed by atoms with Crippen molar-refractivity contribution in [3.63, 3.8) is 0 Å². The summed E-state index contributed by atoms with van der Waals surface area (Å²) in [5.74, 6) is -1.49. The van der Waals surface area contributed by atoms with Gasteiger partial charge in [-0.2, -0.15) is 0 Å². The third-order valence-corrected chi connectivity index (χ3v) is 12.3. The molecule has 0 aliphatic heterocycles. The second-order valence-corrected chi connectivity index (χ2v) is 18.1. The standard InChI is InChI=1S/C26H34N8O5.C21H25NO.C10H13N/c27-23(37)19-10-8-18(9-11-19)14-31-22(36)15-32-24(38)20(7-4-12-30-26(28)29)34-25(39)21(33-16-35)13-17-5-2-1-3-6-17;1-21(22-20(23)16-17-8-4-2-5-9-17)14-12-19(13-15-21)18-10-6-3-7-11-18;1-4-5-6-10-9(3)8(2)7-11-10/h1-3,5-6,8-11,16,20-21H,4,7,12-15H2,(H2,27,37)(H,31,36)(H,32,38)(H,33,35)(H,34,39)(H4,28,29,30);2-11,19H,12-16H2,1H3,(H,22,23);4-7,11H,3H2,1-2H3/b;;5-4-,10-6+. The number of primary amides is 1. The molecule has 0 radical (unpaired) electrons. The number of nitrogens with two attached hydrogens (primary N) is 3. The number of amides is 6. The Morgan fingerprint density at radius 3 is 1.97 bits per heavy atom. The molecule has 16 nitrogen and oxygen atoms in total. The Balaban J connectivity index is 0.000000282. The van der Waals surface area contributed by atoms with Gasteiger partial charge >= 0.3 is 0 Å². The molecule has 2 unspecified atom stereocenters. The van der Waals surface area contributed by atoms with Crippen LogP contribution in [-0.4, -0.2) is 77.6 Å². The van der Waals surface area contributed by atoms with E-state index >= 15 is 0 Å². The Bertz CT molecular complexity index is 2700. The molecule has 5 aromatic rings. The van der Waals surface area contributed by atoms with Gasteiger partial charge in [-0.15, -0.1) is 0 Å². The molecule has 0 spiro atoms. The van der Waals surface area contributed by atoms with Crippen molar-refractivity contribution in [2.24, 2.45) is 22.2 Å². The molecule has 2 atom stereocenters. The lowest BCUT2D eigenvalue weighted by Gasteiger charge is -2.38. The molecule has 1 aliphatic carbocycles. The van der Waals surface area contributed by atoms with Gasteiger partial charge in [0, 0.05) is 42.2 Å². The lowest BCUT2D eigenvalue weighted by molar-refractivity contribution is -0.131. The Hall–Kier alpha value is -8.27. The molecular formula is C57H72N10O6. The van der Waals surface area contributed by atoms with Gasteiger partial charge in [-0.25, -0.2) is 0 Å². The van der Waals surface area contributed by atoms with Crippen molar-refractivity contribution in [2.45, 2.75) is 102 Å². The largest absolute Gasteiger partial charge is 0.370 e. The average molecular weight is 993 g/mol. The molecule has 0 saturated heterocycles. The first-order valence-electron chi connectivity index (χ1n) is 24.5. The summed E-state index contributed by atoms with van der Waals surface area (Å²) in [5.41, 5.74) is 21.5. The van der Waals surface area contributed by atoms with E-state index in [1.54, 1.807) is 24.3 Å². The number of guanidine groups is 1. The highest BCUT2D eigenvalue weighted by Gasteiger charge is 2.33. The highest BCUT2D eigenvalue weighted by Crippen LogP contribution is 2.37. The minimum atomic E-state index is -1.01. The zero-order valence-corrected chi connectivity index (χ0v) is 42.2. The maximum atomic E-state index is 13.0. The number of aromatic nitrogens is 1. The Morgan fingerprint density at radius 2 is 1.41 bits per heavy atom. The van der Waals surface area contributed by atoms with Gasteiger partial charge in [0.05, 0.1) is 13.0 Å². The number of aromatic amines is 1. The Morgan fingerprint density at radius 1 is 0.795 bits per heavy atom. The number of aliphatic imine (C=N–C) groups is 1. The summed E-state index contributed by atoms with van der Waals surface area (Å²) in [7, 11) is 0. The van der Waals surface area contributed by atoms with Crippen LogP contribution >= 0.6 is 0 Å². The van der Waals surface area contributed by atoms with Crippen molar-refractivity contribution in [2.75, 3.05) is 13.1 Å². The third-order valence-electron chi connectivity index (χ3n) is 12.3. The highest BCUT2D eigenvalue weighted by atomic mass is 16.2. The summed E-state index contributed by atoms with van der Waals surface area (Å²) >= 11 is 0. The lowest BCUT2D eigenvalue weighted by atomic mass is 9.75. The number of nitrogens with zero attached hydrogens (tertiary/aromatic N) is 1. The van der Waals surface area contributed by atoms with Crippen molar-refractivity contribution >= 4 is 54.6 Å². The van der Waals surface area contributed by atoms with Gasteiger partial charge in [-0.05, 0) is 116 Å². The van der Waals surface area contributed by atoms with Gasteiger partial charge in [-0.3, -0.25) is 33.8 Å². The molecule has 6 amide bonds. The number of aryl methyl sites for hydroxylation is 1. The van der Waals surface area contributed by atoms with Gasteiger partial charge in [0.25, 0.3) is 0 Å². The van der Waals surface area contributed by atoms with Gasteiger partial charge in [0.1, 0.15) is 12.1 Å². The number of hydrogen-bond donors (Lipinski definition) is 9. The molecule has 1 saturated carbocycles. The first kappa shape index (κ1) is 57.3. The number of hydrogen-bond acceptors (Lipinski definition) is 7. The molecule has 0 bridgehead atoms. The van der Waals surface area contributed by atoms with Gasteiger partial charge in [-0.1, -0.05) is 122 Å². The van der Waals surface area contributed by atoms with Crippen LogP contribution in [0.2, 0.25) is 0 Å². The van der Waals surface area contributed by atoms with E-state index in [1.165, 1.54) is 11.1 Å². The fourth-order valence-electron chi connectivity index (χ4n) is 8.06. The number of carbonyl (C=O) groups is 6. The van der Waals surface area contributed by atoms with E-state index in [4.69, 9.17) is 17.2 Å². The predicted octanol–water partition coefficient (Wildman–Crippen LogP) is 3.97. The Labute approximate surface area is 428 Å². The van der Waals surface area contributed by atoms with E-state index in [2.05, 4.69) is 80.4 Å². The molecule has 16 heteroatoms. The number of rotatable bonds is 21. The molecule has 1 aliphatic rings. The van der Waals surface area contributed by atoms with Crippen LogP contribution in [0.1, 0.15) is 96.5 Å². The topological polar surface area (TPSA) is 269 Å². The van der Waals surface area contributed by atoms with Gasteiger partial charge in [0.15, 0.2) is 5.96 Å². The molecule has 12 N–H and O–H groups in total. The van der Waals surface area contributed by atoms with Crippen LogP contribution in [0.15, 0.2) is 139 Å². The number of benzene rings is 4. The minimum absolute atomic E-state index is 0.0584. The number of nitrogens with one attached hydrogen (secondary N) is 6. The number of carbonyl (C=O) groups excluding carboxylic acids is 6. The highest BCUT2D eigenvalue weighted by molar-refractivity contribution is 5.93. The van der Waals surface area contributed by atoms with Crippen LogP contribution in [-0.2, 0) is 43.4 Å². The fraction of sp³-hybridized carbons (Fsp3) is 0.316. The van der Waals surface area contributed by atoms with Gasteiger partial charge in [0.2, 0.25) is 35.9 Å².